The second kappa shape index (κ2) is 7.63. The summed E-state index contributed by atoms with van der Waals surface area (Å²) < 4.78 is 34.1. The minimum atomic E-state index is -3.80. The van der Waals surface area contributed by atoms with Crippen molar-refractivity contribution in [1.82, 2.24) is 4.90 Å². The maximum absolute atomic E-state index is 12.6. The summed E-state index contributed by atoms with van der Waals surface area (Å²) in [7, 11) is -3.80. The number of furan rings is 2. The first kappa shape index (κ1) is 20.2. The molecule has 3 aromatic rings. The number of hydrogen-bond donors (Lipinski definition) is 1. The van der Waals surface area contributed by atoms with Crippen LogP contribution in [0.2, 0.25) is 0 Å². The number of amides is 2. The standard InChI is InChI=1S/C20H16N2O6S2/c1-12-9-13(4-7-18(12)30(21,25)26)16-6-5-14(28-16)10-17-19(23)22(20(24)29-17)11-15-3-2-8-27-15/h2-10H,11H2,1H3,(H2,21,25,26). The minimum Gasteiger partial charge on any atom is -0.467 e. The molecule has 3 heterocycles. The van der Waals surface area contributed by atoms with E-state index < -0.39 is 15.9 Å². The Morgan fingerprint density at radius 1 is 1.17 bits per heavy atom. The van der Waals surface area contributed by atoms with Gasteiger partial charge in [0.05, 0.1) is 22.6 Å². The van der Waals surface area contributed by atoms with E-state index in [1.807, 2.05) is 0 Å². The summed E-state index contributed by atoms with van der Waals surface area (Å²) in [6.07, 6.45) is 2.98. The van der Waals surface area contributed by atoms with Gasteiger partial charge < -0.3 is 8.83 Å². The van der Waals surface area contributed by atoms with Gasteiger partial charge in [-0.25, -0.2) is 13.6 Å². The molecular weight excluding hydrogens is 428 g/mol. The highest BCUT2D eigenvalue weighted by molar-refractivity contribution is 8.18. The number of aryl methyl sites for hydroxylation is 1. The molecule has 154 valence electrons. The Kier molecular flexibility index (Phi) is 5.14. The van der Waals surface area contributed by atoms with Crippen molar-refractivity contribution < 1.29 is 26.8 Å². The first-order valence-electron chi connectivity index (χ1n) is 8.74. The predicted octanol–water partition coefficient (Wildman–Crippen LogP) is 3.73. The Bertz CT molecular complexity index is 1270. The number of imide groups is 1. The van der Waals surface area contributed by atoms with Crippen molar-refractivity contribution in [2.24, 2.45) is 5.14 Å². The number of sulfonamides is 1. The van der Waals surface area contributed by atoms with Crippen LogP contribution >= 0.6 is 11.8 Å². The smallest absolute Gasteiger partial charge is 0.293 e. The molecule has 1 aliphatic heterocycles. The third kappa shape index (κ3) is 3.97. The predicted molar refractivity (Wildman–Crippen MR) is 110 cm³/mol. The first-order valence-corrected chi connectivity index (χ1v) is 11.1. The second-order valence-corrected chi connectivity index (χ2v) is 9.10. The molecule has 1 saturated heterocycles. The minimum absolute atomic E-state index is 0.0447. The summed E-state index contributed by atoms with van der Waals surface area (Å²) in [6, 6.07) is 11.4. The van der Waals surface area contributed by atoms with Gasteiger partial charge in [0.2, 0.25) is 10.0 Å². The van der Waals surface area contributed by atoms with Crippen LogP contribution in [-0.2, 0) is 21.4 Å². The van der Waals surface area contributed by atoms with E-state index in [1.54, 1.807) is 43.3 Å². The summed E-state index contributed by atoms with van der Waals surface area (Å²) >= 11 is 0.827. The highest BCUT2D eigenvalue weighted by Gasteiger charge is 2.35. The first-order chi connectivity index (χ1) is 14.2. The van der Waals surface area contributed by atoms with Crippen LogP contribution in [0.15, 0.2) is 67.4 Å². The van der Waals surface area contributed by atoms with E-state index in [0.717, 1.165) is 16.7 Å². The number of nitrogens with two attached hydrogens (primary N) is 1. The number of carbonyl (C=O) groups is 2. The molecule has 30 heavy (non-hydrogen) atoms. The van der Waals surface area contributed by atoms with Gasteiger partial charge in [-0.2, -0.15) is 0 Å². The molecule has 1 aliphatic rings. The summed E-state index contributed by atoms with van der Waals surface area (Å²) in [4.78, 5) is 26.1. The number of thioether (sulfide) groups is 1. The molecule has 2 N–H and O–H groups in total. The van der Waals surface area contributed by atoms with Crippen LogP contribution < -0.4 is 5.14 Å². The van der Waals surface area contributed by atoms with Gasteiger partial charge in [-0.15, -0.1) is 0 Å². The molecule has 0 atom stereocenters. The SMILES string of the molecule is Cc1cc(-c2ccc(C=C3SC(=O)N(Cc4ccco4)C3=O)o2)ccc1S(N)(=O)=O. The molecule has 4 rings (SSSR count). The van der Waals surface area contributed by atoms with Gasteiger partial charge in [-0.05, 0) is 66.7 Å². The lowest BCUT2D eigenvalue weighted by Gasteiger charge is -2.09. The normalized spacial score (nSPS) is 16.1. The number of carbonyl (C=O) groups excluding carboxylic acids is 2. The Balaban J connectivity index is 1.56. The quantitative estimate of drug-likeness (QED) is 0.595. The van der Waals surface area contributed by atoms with Gasteiger partial charge in [-0.3, -0.25) is 14.5 Å². The van der Waals surface area contributed by atoms with E-state index >= 15 is 0 Å². The van der Waals surface area contributed by atoms with Gasteiger partial charge in [0.1, 0.15) is 17.3 Å². The fraction of sp³-hybridized carbons (Fsp3) is 0.100. The molecule has 1 aromatic carbocycles. The summed E-state index contributed by atoms with van der Waals surface area (Å²) in [5, 5.41) is 4.80. The summed E-state index contributed by atoms with van der Waals surface area (Å²) in [5.41, 5.74) is 1.15. The average molecular weight is 444 g/mol. The zero-order chi connectivity index (χ0) is 21.5. The number of benzene rings is 1. The fourth-order valence-electron chi connectivity index (χ4n) is 3.03. The molecule has 2 aromatic heterocycles. The molecule has 0 saturated carbocycles. The lowest BCUT2D eigenvalue weighted by Crippen LogP contribution is -2.27. The van der Waals surface area contributed by atoms with Crippen molar-refractivity contribution in [3.63, 3.8) is 0 Å². The van der Waals surface area contributed by atoms with E-state index in [1.165, 1.54) is 18.4 Å². The molecule has 2 amide bonds. The lowest BCUT2D eigenvalue weighted by atomic mass is 10.1. The molecule has 0 spiro atoms. The van der Waals surface area contributed by atoms with Crippen LogP contribution in [0.1, 0.15) is 17.1 Å². The van der Waals surface area contributed by atoms with Gasteiger partial charge in [0, 0.05) is 11.6 Å². The van der Waals surface area contributed by atoms with Crippen LogP contribution in [0.5, 0.6) is 0 Å². The zero-order valence-corrected chi connectivity index (χ0v) is 17.3. The second-order valence-electron chi connectivity index (χ2n) is 6.57. The Morgan fingerprint density at radius 3 is 2.63 bits per heavy atom. The molecule has 0 unspecified atom stereocenters. The van der Waals surface area contributed by atoms with Crippen LogP contribution in [0.4, 0.5) is 4.79 Å². The average Bonchev–Trinajstić information content (AvgIpc) is 3.40. The Hall–Kier alpha value is -3.08. The Labute approximate surface area is 176 Å². The van der Waals surface area contributed by atoms with Gasteiger partial charge in [0.15, 0.2) is 0 Å². The molecule has 8 nitrogen and oxygen atoms in total. The lowest BCUT2D eigenvalue weighted by molar-refractivity contribution is -0.123. The van der Waals surface area contributed by atoms with E-state index in [4.69, 9.17) is 14.0 Å². The topological polar surface area (TPSA) is 124 Å². The summed E-state index contributed by atoms with van der Waals surface area (Å²) in [6.45, 7) is 1.70. The number of hydrogen-bond acceptors (Lipinski definition) is 7. The van der Waals surface area contributed by atoms with Gasteiger partial charge in [-0.1, -0.05) is 0 Å². The van der Waals surface area contributed by atoms with Gasteiger partial charge >= 0.3 is 0 Å². The number of primary sulfonamides is 1. The van der Waals surface area contributed by atoms with Crippen LogP contribution in [0.3, 0.4) is 0 Å². The monoisotopic (exact) mass is 444 g/mol. The Morgan fingerprint density at radius 2 is 1.97 bits per heavy atom. The van der Waals surface area contributed by atoms with Crippen LogP contribution in [-0.4, -0.2) is 24.5 Å². The third-order valence-corrected chi connectivity index (χ3v) is 6.41. The molecule has 0 bridgehead atoms. The molecule has 1 fully saturated rings. The van der Waals surface area contributed by atoms with Gasteiger partial charge in [0.25, 0.3) is 11.1 Å². The third-order valence-electron chi connectivity index (χ3n) is 4.43. The van der Waals surface area contributed by atoms with Crippen molar-refractivity contribution in [3.05, 3.63) is 70.7 Å². The van der Waals surface area contributed by atoms with E-state index in [-0.39, 0.29) is 21.6 Å². The van der Waals surface area contributed by atoms with E-state index in [9.17, 15) is 18.0 Å². The van der Waals surface area contributed by atoms with Crippen molar-refractivity contribution in [3.8, 4) is 11.3 Å². The van der Waals surface area contributed by atoms with Crippen molar-refractivity contribution >= 4 is 39.0 Å². The highest BCUT2D eigenvalue weighted by Crippen LogP contribution is 2.34. The fourth-order valence-corrected chi connectivity index (χ4v) is 4.62. The molecular formula is C20H16N2O6S2. The van der Waals surface area contributed by atoms with Crippen molar-refractivity contribution in [2.75, 3.05) is 0 Å². The molecule has 10 heteroatoms. The van der Waals surface area contributed by atoms with Crippen molar-refractivity contribution in [2.45, 2.75) is 18.4 Å². The largest absolute Gasteiger partial charge is 0.467 e. The van der Waals surface area contributed by atoms with Crippen molar-refractivity contribution in [1.29, 1.82) is 0 Å². The summed E-state index contributed by atoms with van der Waals surface area (Å²) in [5.74, 6) is 0.964. The van der Waals surface area contributed by atoms with Crippen LogP contribution in [0, 0.1) is 6.92 Å². The molecule has 0 aliphatic carbocycles. The zero-order valence-electron chi connectivity index (χ0n) is 15.7. The van der Waals surface area contributed by atoms with Crippen LogP contribution in [0.25, 0.3) is 17.4 Å². The number of rotatable bonds is 5. The van der Waals surface area contributed by atoms with E-state index in [0.29, 0.717) is 28.4 Å². The maximum atomic E-state index is 12.6. The van der Waals surface area contributed by atoms with E-state index in [2.05, 4.69) is 0 Å². The highest BCUT2D eigenvalue weighted by atomic mass is 32.2. The number of nitrogens with zero attached hydrogens (tertiary/aromatic N) is 1. The maximum Gasteiger partial charge on any atom is 0.293 e. The molecule has 0 radical (unpaired) electrons.